The van der Waals surface area contributed by atoms with Crippen molar-refractivity contribution in [3.8, 4) is 0 Å². The molecule has 0 saturated heterocycles. The molecule has 4 heteroatoms. The zero-order valence-corrected chi connectivity index (χ0v) is 11.1. The molecule has 0 aliphatic heterocycles. The number of likely N-dealkylation sites (N-methyl/N-ethyl adjacent to an activating group) is 1. The van der Waals surface area contributed by atoms with Gasteiger partial charge in [-0.25, -0.2) is 0 Å². The highest BCUT2D eigenvalue weighted by atomic mass is 32.1. The van der Waals surface area contributed by atoms with Crippen molar-refractivity contribution in [3.63, 3.8) is 0 Å². The average molecular weight is 240 g/mol. The molecular formula is C12H20N2OS. The van der Waals surface area contributed by atoms with E-state index in [1.54, 1.807) is 0 Å². The van der Waals surface area contributed by atoms with Gasteiger partial charge in [-0.15, -0.1) is 0 Å². The summed E-state index contributed by atoms with van der Waals surface area (Å²) in [5.41, 5.74) is 1.69. The van der Waals surface area contributed by atoms with Crippen LogP contribution >= 0.6 is 12.2 Å². The van der Waals surface area contributed by atoms with Crippen molar-refractivity contribution in [3.05, 3.63) is 20.3 Å². The maximum Gasteiger partial charge on any atom is 0.203 e. The van der Waals surface area contributed by atoms with E-state index in [1.165, 1.54) is 6.42 Å². The van der Waals surface area contributed by atoms with E-state index >= 15 is 0 Å². The van der Waals surface area contributed by atoms with E-state index < -0.39 is 0 Å². The van der Waals surface area contributed by atoms with Crippen LogP contribution in [0.1, 0.15) is 25.8 Å². The third-order valence-corrected chi connectivity index (χ3v) is 3.26. The monoisotopic (exact) mass is 240 g/mol. The topological polar surface area (TPSA) is 32.3 Å². The Morgan fingerprint density at radius 1 is 1.31 bits per heavy atom. The van der Waals surface area contributed by atoms with Gasteiger partial charge in [-0.3, -0.25) is 4.79 Å². The summed E-state index contributed by atoms with van der Waals surface area (Å²) < 4.78 is 0.469. The standard InChI is InChI=1S/C12H20N2OS/c1-4-7-14(5-2)8-6-13-10-9(3)11(15)12(10)16/h13H,4-8H2,1-3H3. The van der Waals surface area contributed by atoms with Gasteiger partial charge >= 0.3 is 0 Å². The predicted octanol–water partition coefficient (Wildman–Crippen LogP) is 2.10. The fraction of sp³-hybridized carbons (Fsp3) is 0.667. The minimum atomic E-state index is 0.0263. The Hall–Kier alpha value is -0.740. The Bertz CT molecular complexity index is 407. The number of nitrogens with one attached hydrogen (secondary N) is 1. The number of nitrogens with zero attached hydrogens (tertiary/aromatic N) is 1. The van der Waals surface area contributed by atoms with Gasteiger partial charge in [0, 0.05) is 18.7 Å². The number of hydrogen-bond acceptors (Lipinski definition) is 4. The lowest BCUT2D eigenvalue weighted by molar-refractivity contribution is 0.300. The second-order valence-electron chi connectivity index (χ2n) is 4.02. The summed E-state index contributed by atoms with van der Waals surface area (Å²) in [6, 6.07) is 0. The second-order valence-corrected chi connectivity index (χ2v) is 4.43. The maximum absolute atomic E-state index is 11.2. The zero-order chi connectivity index (χ0) is 12.1. The van der Waals surface area contributed by atoms with Gasteiger partial charge in [0.05, 0.1) is 5.69 Å². The van der Waals surface area contributed by atoms with Crippen LogP contribution in [-0.4, -0.2) is 31.1 Å². The van der Waals surface area contributed by atoms with E-state index in [0.717, 1.165) is 37.4 Å². The summed E-state index contributed by atoms with van der Waals surface area (Å²) in [6.45, 7) is 10.2. The highest BCUT2D eigenvalue weighted by molar-refractivity contribution is 7.71. The average Bonchev–Trinajstić information content (AvgIpc) is 2.31. The molecule has 0 radical (unpaired) electrons. The van der Waals surface area contributed by atoms with Crippen LogP contribution in [-0.2, 0) is 0 Å². The molecule has 3 nitrogen and oxygen atoms in total. The molecule has 0 saturated carbocycles. The van der Waals surface area contributed by atoms with Gasteiger partial charge < -0.3 is 10.2 Å². The van der Waals surface area contributed by atoms with E-state index in [-0.39, 0.29) is 5.43 Å². The Kier molecular flexibility index (Phi) is 5.09. The molecule has 1 rings (SSSR count). The summed E-state index contributed by atoms with van der Waals surface area (Å²) in [6.07, 6.45) is 1.17. The third kappa shape index (κ3) is 2.89. The predicted molar refractivity (Wildman–Crippen MR) is 71.5 cm³/mol. The van der Waals surface area contributed by atoms with Crippen molar-refractivity contribution in [2.75, 3.05) is 31.5 Å². The van der Waals surface area contributed by atoms with Crippen molar-refractivity contribution in [1.82, 2.24) is 4.90 Å². The molecule has 1 N–H and O–H groups in total. The Labute approximate surface area is 102 Å². The summed E-state index contributed by atoms with van der Waals surface area (Å²) in [4.78, 5) is 13.6. The van der Waals surface area contributed by atoms with Gasteiger partial charge in [-0.1, -0.05) is 26.1 Å². The molecule has 0 aliphatic carbocycles. The third-order valence-electron chi connectivity index (χ3n) is 2.87. The Balaban J connectivity index is 2.36. The summed E-state index contributed by atoms with van der Waals surface area (Å²) in [5.74, 6) is 0. The van der Waals surface area contributed by atoms with Gasteiger partial charge in [-0.2, -0.15) is 0 Å². The molecule has 0 fully saturated rings. The Morgan fingerprint density at radius 3 is 2.50 bits per heavy atom. The van der Waals surface area contributed by atoms with Crippen molar-refractivity contribution in [2.45, 2.75) is 27.2 Å². The van der Waals surface area contributed by atoms with Crippen molar-refractivity contribution in [1.29, 1.82) is 0 Å². The molecule has 0 bridgehead atoms. The molecule has 16 heavy (non-hydrogen) atoms. The molecule has 1 aromatic rings. The van der Waals surface area contributed by atoms with E-state index in [1.807, 2.05) is 6.92 Å². The molecular weight excluding hydrogens is 220 g/mol. The van der Waals surface area contributed by atoms with Crippen LogP contribution in [0, 0.1) is 11.4 Å². The SMILES string of the molecule is CCCN(CC)CCNc1c(C)c(=O)c1=S. The first-order valence-corrected chi connectivity index (χ1v) is 6.28. The largest absolute Gasteiger partial charge is 0.382 e. The smallest absolute Gasteiger partial charge is 0.203 e. The second kappa shape index (κ2) is 6.11. The van der Waals surface area contributed by atoms with Crippen LogP contribution < -0.4 is 10.7 Å². The quantitative estimate of drug-likeness (QED) is 0.740. The number of rotatable bonds is 7. The normalized spacial score (nSPS) is 11.2. The van der Waals surface area contributed by atoms with Crippen molar-refractivity contribution < 1.29 is 0 Å². The number of anilines is 1. The minimum Gasteiger partial charge on any atom is -0.382 e. The van der Waals surface area contributed by atoms with Crippen molar-refractivity contribution in [2.24, 2.45) is 0 Å². The van der Waals surface area contributed by atoms with Crippen LogP contribution in [0.15, 0.2) is 4.79 Å². The van der Waals surface area contributed by atoms with Gasteiger partial charge in [0.25, 0.3) is 0 Å². The van der Waals surface area contributed by atoms with Crippen LogP contribution in [0.2, 0.25) is 0 Å². The maximum atomic E-state index is 11.2. The van der Waals surface area contributed by atoms with Gasteiger partial charge in [0.15, 0.2) is 0 Å². The highest BCUT2D eigenvalue weighted by Crippen LogP contribution is 2.14. The first kappa shape index (κ1) is 13.3. The van der Waals surface area contributed by atoms with Crippen LogP contribution in [0.3, 0.4) is 0 Å². The van der Waals surface area contributed by atoms with Crippen LogP contribution in [0.5, 0.6) is 0 Å². The molecule has 0 spiro atoms. The van der Waals surface area contributed by atoms with Gasteiger partial charge in [0.1, 0.15) is 4.51 Å². The molecule has 1 aromatic carbocycles. The lowest BCUT2D eigenvalue weighted by atomic mass is 10.1. The van der Waals surface area contributed by atoms with Gasteiger partial charge in [-0.05, 0) is 26.4 Å². The van der Waals surface area contributed by atoms with E-state index in [2.05, 4.69) is 24.1 Å². The minimum absolute atomic E-state index is 0.0263. The first-order chi connectivity index (χ1) is 7.61. The first-order valence-electron chi connectivity index (χ1n) is 5.87. The van der Waals surface area contributed by atoms with E-state index in [0.29, 0.717) is 4.51 Å². The molecule has 0 heterocycles. The van der Waals surface area contributed by atoms with Crippen molar-refractivity contribution >= 4 is 17.9 Å². The van der Waals surface area contributed by atoms with E-state index in [9.17, 15) is 4.79 Å². The molecule has 0 aliphatic rings. The van der Waals surface area contributed by atoms with Crippen LogP contribution in [0.25, 0.3) is 0 Å². The zero-order valence-electron chi connectivity index (χ0n) is 10.3. The Morgan fingerprint density at radius 2 is 2.00 bits per heavy atom. The highest BCUT2D eigenvalue weighted by Gasteiger charge is 2.12. The molecule has 0 aromatic heterocycles. The molecule has 0 amide bonds. The number of hydrogen-bond donors (Lipinski definition) is 1. The lowest BCUT2D eigenvalue weighted by Gasteiger charge is -2.20. The lowest BCUT2D eigenvalue weighted by Crippen LogP contribution is -2.31. The molecule has 90 valence electrons. The summed E-state index contributed by atoms with van der Waals surface area (Å²) in [7, 11) is 0. The summed E-state index contributed by atoms with van der Waals surface area (Å²) >= 11 is 4.98. The van der Waals surface area contributed by atoms with Crippen LogP contribution in [0.4, 0.5) is 5.69 Å². The fourth-order valence-corrected chi connectivity index (χ4v) is 2.18. The fourth-order valence-electron chi connectivity index (χ4n) is 1.80. The summed E-state index contributed by atoms with van der Waals surface area (Å²) in [5, 5.41) is 3.25. The molecule has 0 atom stereocenters. The molecule has 0 unspecified atom stereocenters. The van der Waals surface area contributed by atoms with Gasteiger partial charge in [0.2, 0.25) is 5.43 Å². The van der Waals surface area contributed by atoms with E-state index in [4.69, 9.17) is 12.2 Å².